The second-order valence-corrected chi connectivity index (χ2v) is 6.44. The molecule has 0 aliphatic heterocycles. The SMILES string of the molecule is Cl.NC(=O)C(CCc1ccc(Cl)cc1)C1CCc2[nH]cnc2C1. The van der Waals surface area contributed by atoms with Gasteiger partial charge >= 0.3 is 0 Å². The van der Waals surface area contributed by atoms with Gasteiger partial charge in [-0.15, -0.1) is 12.4 Å². The molecule has 2 aromatic rings. The van der Waals surface area contributed by atoms with E-state index in [1.807, 2.05) is 24.3 Å². The molecule has 0 fully saturated rings. The molecule has 6 heteroatoms. The third-order valence-electron chi connectivity index (χ3n) is 4.62. The average Bonchev–Trinajstić information content (AvgIpc) is 2.96. The number of aromatic amines is 1. The molecule has 1 aliphatic rings. The fraction of sp³-hybridized carbons (Fsp3) is 0.412. The molecule has 1 aromatic carbocycles. The van der Waals surface area contributed by atoms with Crippen molar-refractivity contribution in [2.45, 2.75) is 32.1 Å². The minimum atomic E-state index is -0.196. The number of imidazole rings is 1. The number of rotatable bonds is 5. The molecular weight excluding hydrogens is 333 g/mol. The Labute approximate surface area is 147 Å². The number of aromatic nitrogens is 2. The standard InChI is InChI=1S/C17H20ClN3O.ClH/c18-13-5-1-11(2-6-13)3-7-14(17(19)22)12-4-8-15-16(9-12)21-10-20-15;/h1-2,5-6,10,12,14H,3-4,7-9H2,(H2,19,22)(H,20,21);1H. The predicted molar refractivity (Wildman–Crippen MR) is 93.8 cm³/mol. The Morgan fingerprint density at radius 3 is 2.83 bits per heavy atom. The number of hydrogen-bond donors (Lipinski definition) is 2. The number of primary amides is 1. The Kier molecular flexibility index (Phi) is 6.08. The van der Waals surface area contributed by atoms with Crippen molar-refractivity contribution in [2.75, 3.05) is 0 Å². The number of nitrogens with zero attached hydrogens (tertiary/aromatic N) is 1. The summed E-state index contributed by atoms with van der Waals surface area (Å²) < 4.78 is 0. The molecule has 3 rings (SSSR count). The summed E-state index contributed by atoms with van der Waals surface area (Å²) in [6, 6.07) is 7.78. The van der Waals surface area contributed by atoms with Gasteiger partial charge in [-0.05, 0) is 55.7 Å². The molecule has 0 radical (unpaired) electrons. The van der Waals surface area contributed by atoms with Gasteiger partial charge in [0.25, 0.3) is 0 Å². The van der Waals surface area contributed by atoms with E-state index in [1.165, 1.54) is 11.3 Å². The zero-order valence-corrected chi connectivity index (χ0v) is 14.4. The molecule has 23 heavy (non-hydrogen) atoms. The maximum atomic E-state index is 11.9. The van der Waals surface area contributed by atoms with Gasteiger partial charge < -0.3 is 10.7 Å². The number of halogens is 2. The maximum absolute atomic E-state index is 11.9. The predicted octanol–water partition coefficient (Wildman–Crippen LogP) is 3.32. The van der Waals surface area contributed by atoms with E-state index in [1.54, 1.807) is 6.33 Å². The zero-order valence-electron chi connectivity index (χ0n) is 12.8. The summed E-state index contributed by atoms with van der Waals surface area (Å²) in [6.45, 7) is 0. The first kappa shape index (κ1) is 17.8. The van der Waals surface area contributed by atoms with E-state index in [9.17, 15) is 4.79 Å². The molecule has 1 heterocycles. The second kappa shape index (κ2) is 7.84. The molecule has 124 valence electrons. The highest BCUT2D eigenvalue weighted by Crippen LogP contribution is 2.31. The number of benzene rings is 1. The summed E-state index contributed by atoms with van der Waals surface area (Å²) in [4.78, 5) is 19.4. The highest BCUT2D eigenvalue weighted by molar-refractivity contribution is 6.30. The molecule has 0 bridgehead atoms. The van der Waals surface area contributed by atoms with E-state index >= 15 is 0 Å². The van der Waals surface area contributed by atoms with Crippen LogP contribution < -0.4 is 5.73 Å². The van der Waals surface area contributed by atoms with Crippen molar-refractivity contribution in [2.24, 2.45) is 17.6 Å². The van der Waals surface area contributed by atoms with Gasteiger partial charge in [0, 0.05) is 16.6 Å². The fourth-order valence-corrected chi connectivity index (χ4v) is 3.47. The van der Waals surface area contributed by atoms with Gasteiger partial charge in [-0.3, -0.25) is 4.79 Å². The van der Waals surface area contributed by atoms with Crippen LogP contribution in [0.5, 0.6) is 0 Å². The first-order valence-electron chi connectivity index (χ1n) is 7.68. The van der Waals surface area contributed by atoms with E-state index in [0.29, 0.717) is 5.92 Å². The van der Waals surface area contributed by atoms with Gasteiger partial charge in [0.05, 0.1) is 12.0 Å². The lowest BCUT2D eigenvalue weighted by atomic mass is 9.77. The van der Waals surface area contributed by atoms with Crippen molar-refractivity contribution >= 4 is 29.9 Å². The maximum Gasteiger partial charge on any atom is 0.220 e. The first-order valence-corrected chi connectivity index (χ1v) is 8.06. The van der Waals surface area contributed by atoms with Crippen LogP contribution in [0.3, 0.4) is 0 Å². The number of hydrogen-bond acceptors (Lipinski definition) is 2. The number of nitrogens with one attached hydrogen (secondary N) is 1. The first-order chi connectivity index (χ1) is 10.6. The van der Waals surface area contributed by atoms with Crippen molar-refractivity contribution in [3.05, 3.63) is 52.6 Å². The lowest BCUT2D eigenvalue weighted by Gasteiger charge is -2.27. The van der Waals surface area contributed by atoms with Gasteiger partial charge in [0.15, 0.2) is 0 Å². The fourth-order valence-electron chi connectivity index (χ4n) is 3.35. The van der Waals surface area contributed by atoms with Crippen molar-refractivity contribution in [1.29, 1.82) is 0 Å². The molecular formula is C17H21Cl2N3O. The van der Waals surface area contributed by atoms with Crippen LogP contribution in [0.2, 0.25) is 5.02 Å². The highest BCUT2D eigenvalue weighted by Gasteiger charge is 2.30. The largest absolute Gasteiger partial charge is 0.369 e. The number of fused-ring (bicyclic) bond motifs is 1. The molecule has 2 unspecified atom stereocenters. The summed E-state index contributed by atoms with van der Waals surface area (Å²) in [6.07, 6.45) is 6.14. The molecule has 0 saturated heterocycles. The lowest BCUT2D eigenvalue weighted by Crippen LogP contribution is -2.33. The van der Waals surface area contributed by atoms with Crippen LogP contribution >= 0.6 is 24.0 Å². The van der Waals surface area contributed by atoms with E-state index in [-0.39, 0.29) is 24.2 Å². The molecule has 4 nitrogen and oxygen atoms in total. The van der Waals surface area contributed by atoms with E-state index in [2.05, 4.69) is 9.97 Å². The van der Waals surface area contributed by atoms with E-state index in [4.69, 9.17) is 17.3 Å². The van der Waals surface area contributed by atoms with Crippen LogP contribution in [-0.4, -0.2) is 15.9 Å². The molecule has 2 atom stereocenters. The smallest absolute Gasteiger partial charge is 0.220 e. The van der Waals surface area contributed by atoms with E-state index in [0.717, 1.165) is 42.8 Å². The number of carbonyl (C=O) groups is 1. The van der Waals surface area contributed by atoms with Crippen molar-refractivity contribution in [3.8, 4) is 0 Å². The minimum absolute atomic E-state index is 0. The number of H-pyrrole nitrogens is 1. The quantitative estimate of drug-likeness (QED) is 0.865. The van der Waals surface area contributed by atoms with Crippen LogP contribution in [0.1, 0.15) is 29.8 Å². The van der Waals surface area contributed by atoms with Gasteiger partial charge in [0.1, 0.15) is 0 Å². The summed E-state index contributed by atoms with van der Waals surface area (Å²) in [7, 11) is 0. The van der Waals surface area contributed by atoms with Gasteiger partial charge in [-0.1, -0.05) is 23.7 Å². The van der Waals surface area contributed by atoms with E-state index < -0.39 is 0 Å². The normalized spacial score (nSPS) is 17.9. The zero-order chi connectivity index (χ0) is 15.5. The lowest BCUT2D eigenvalue weighted by molar-refractivity contribution is -0.123. The number of carbonyl (C=O) groups excluding carboxylic acids is 1. The number of aryl methyl sites for hydroxylation is 2. The molecule has 0 saturated carbocycles. The van der Waals surface area contributed by atoms with Crippen molar-refractivity contribution in [1.82, 2.24) is 9.97 Å². The van der Waals surface area contributed by atoms with Gasteiger partial charge in [0.2, 0.25) is 5.91 Å². The Bertz CT molecular complexity index is 654. The van der Waals surface area contributed by atoms with Crippen LogP contribution in [0.25, 0.3) is 0 Å². The number of amides is 1. The molecule has 0 spiro atoms. The summed E-state index contributed by atoms with van der Waals surface area (Å²) in [5.41, 5.74) is 9.15. The van der Waals surface area contributed by atoms with Crippen LogP contribution in [0, 0.1) is 11.8 Å². The van der Waals surface area contributed by atoms with Crippen LogP contribution in [0.15, 0.2) is 30.6 Å². The Morgan fingerprint density at radius 1 is 1.39 bits per heavy atom. The number of nitrogens with two attached hydrogens (primary N) is 1. The molecule has 3 N–H and O–H groups in total. The summed E-state index contributed by atoms with van der Waals surface area (Å²) >= 11 is 5.90. The topological polar surface area (TPSA) is 71.8 Å². The van der Waals surface area contributed by atoms with Crippen LogP contribution in [0.4, 0.5) is 0 Å². The third-order valence-corrected chi connectivity index (χ3v) is 4.87. The summed E-state index contributed by atoms with van der Waals surface area (Å²) in [5, 5.41) is 0.730. The molecule has 1 amide bonds. The van der Waals surface area contributed by atoms with Crippen molar-refractivity contribution in [3.63, 3.8) is 0 Å². The van der Waals surface area contributed by atoms with Crippen molar-refractivity contribution < 1.29 is 4.79 Å². The van der Waals surface area contributed by atoms with Gasteiger partial charge in [-0.25, -0.2) is 4.98 Å². The monoisotopic (exact) mass is 353 g/mol. The molecule has 1 aromatic heterocycles. The van der Waals surface area contributed by atoms with Gasteiger partial charge in [-0.2, -0.15) is 0 Å². The Hall–Kier alpha value is -1.52. The Morgan fingerprint density at radius 2 is 2.13 bits per heavy atom. The second-order valence-electron chi connectivity index (χ2n) is 6.00. The third kappa shape index (κ3) is 4.27. The Balaban J connectivity index is 0.00000192. The summed E-state index contributed by atoms with van der Waals surface area (Å²) in [5.74, 6) is -0.000854. The average molecular weight is 354 g/mol. The highest BCUT2D eigenvalue weighted by atomic mass is 35.5. The van der Waals surface area contributed by atoms with Crippen LogP contribution in [-0.2, 0) is 24.1 Å². The molecule has 1 aliphatic carbocycles. The minimum Gasteiger partial charge on any atom is -0.369 e.